The highest BCUT2D eigenvalue weighted by Gasteiger charge is 2.13. The molecule has 3 aromatic carbocycles. The van der Waals surface area contributed by atoms with Gasteiger partial charge >= 0.3 is 5.97 Å². The van der Waals surface area contributed by atoms with Crippen molar-refractivity contribution in [1.82, 2.24) is 10.3 Å². The average molecular weight is 485 g/mol. The van der Waals surface area contributed by atoms with E-state index in [2.05, 4.69) is 10.3 Å². The molecule has 0 aliphatic carbocycles. The van der Waals surface area contributed by atoms with Gasteiger partial charge in [-0.25, -0.2) is 4.98 Å². The number of aryl methyl sites for hydroxylation is 2. The molecule has 2 N–H and O–H groups in total. The van der Waals surface area contributed by atoms with Crippen molar-refractivity contribution in [3.63, 3.8) is 0 Å². The normalized spacial score (nSPS) is 10.7. The molecule has 0 fully saturated rings. The number of amides is 1. The van der Waals surface area contributed by atoms with Crippen LogP contribution in [0, 0.1) is 6.92 Å². The predicted molar refractivity (Wildman–Crippen MR) is 136 cm³/mol. The first-order chi connectivity index (χ1) is 17.5. The molecule has 0 aliphatic heterocycles. The molecule has 0 unspecified atom stereocenters. The SMILES string of the molecule is Cc1oc(-c2ccccc2)nc1CCOc1ccc(CCC(=O)O)cc1CNC(=O)c1ccccc1. The Balaban J connectivity index is 1.44. The zero-order chi connectivity index (χ0) is 25.3. The Morgan fingerprint density at radius 3 is 2.42 bits per heavy atom. The molecular formula is C29H28N2O5. The minimum Gasteiger partial charge on any atom is -0.493 e. The van der Waals surface area contributed by atoms with Crippen LogP contribution in [0.15, 0.2) is 83.3 Å². The number of aliphatic carboxylic acids is 1. The third-order valence-electron chi connectivity index (χ3n) is 5.74. The van der Waals surface area contributed by atoms with Crippen molar-refractivity contribution >= 4 is 11.9 Å². The average Bonchev–Trinajstić information content (AvgIpc) is 3.28. The number of nitrogens with one attached hydrogen (secondary N) is 1. The van der Waals surface area contributed by atoms with Gasteiger partial charge in [-0.1, -0.05) is 48.5 Å². The van der Waals surface area contributed by atoms with E-state index in [4.69, 9.17) is 14.3 Å². The van der Waals surface area contributed by atoms with Gasteiger partial charge in [-0.15, -0.1) is 0 Å². The first-order valence-corrected chi connectivity index (χ1v) is 11.8. The minimum atomic E-state index is -0.855. The fourth-order valence-electron chi connectivity index (χ4n) is 3.81. The summed E-state index contributed by atoms with van der Waals surface area (Å²) in [6.07, 6.45) is 0.986. The lowest BCUT2D eigenvalue weighted by Gasteiger charge is -2.14. The first-order valence-electron chi connectivity index (χ1n) is 11.8. The summed E-state index contributed by atoms with van der Waals surface area (Å²) in [5.41, 5.74) is 3.96. The van der Waals surface area contributed by atoms with E-state index in [1.54, 1.807) is 12.1 Å². The van der Waals surface area contributed by atoms with Crippen LogP contribution in [-0.4, -0.2) is 28.6 Å². The fourth-order valence-corrected chi connectivity index (χ4v) is 3.81. The highest BCUT2D eigenvalue weighted by molar-refractivity contribution is 5.94. The Labute approximate surface area is 209 Å². The zero-order valence-electron chi connectivity index (χ0n) is 20.1. The van der Waals surface area contributed by atoms with Gasteiger partial charge in [-0.2, -0.15) is 0 Å². The Hall–Kier alpha value is -4.39. The van der Waals surface area contributed by atoms with Crippen LogP contribution < -0.4 is 10.1 Å². The van der Waals surface area contributed by atoms with Crippen molar-refractivity contribution in [2.45, 2.75) is 32.7 Å². The van der Waals surface area contributed by atoms with Crippen LogP contribution in [0.4, 0.5) is 0 Å². The maximum absolute atomic E-state index is 12.5. The first kappa shape index (κ1) is 24.7. The molecule has 7 nitrogen and oxygen atoms in total. The highest BCUT2D eigenvalue weighted by atomic mass is 16.5. The highest BCUT2D eigenvalue weighted by Crippen LogP contribution is 2.24. The Morgan fingerprint density at radius 1 is 0.972 bits per heavy atom. The van der Waals surface area contributed by atoms with Crippen molar-refractivity contribution in [2.24, 2.45) is 0 Å². The van der Waals surface area contributed by atoms with Gasteiger partial charge in [0.15, 0.2) is 0 Å². The Bertz CT molecular complexity index is 1320. The van der Waals surface area contributed by atoms with Crippen LogP contribution in [0.3, 0.4) is 0 Å². The van der Waals surface area contributed by atoms with Crippen molar-refractivity contribution in [3.8, 4) is 17.2 Å². The largest absolute Gasteiger partial charge is 0.493 e. The van der Waals surface area contributed by atoms with Gasteiger partial charge in [0, 0.05) is 36.1 Å². The van der Waals surface area contributed by atoms with E-state index in [1.165, 1.54) is 0 Å². The quantitative estimate of drug-likeness (QED) is 0.303. The topological polar surface area (TPSA) is 102 Å². The smallest absolute Gasteiger partial charge is 0.303 e. The number of nitrogens with zero attached hydrogens (tertiary/aromatic N) is 1. The number of carboxylic acids is 1. The van der Waals surface area contributed by atoms with Crippen molar-refractivity contribution in [3.05, 3.63) is 107 Å². The predicted octanol–water partition coefficient (Wildman–Crippen LogP) is 5.22. The van der Waals surface area contributed by atoms with Crippen LogP contribution in [0.25, 0.3) is 11.5 Å². The number of aromatic nitrogens is 1. The van der Waals surface area contributed by atoms with Crippen LogP contribution >= 0.6 is 0 Å². The van der Waals surface area contributed by atoms with Crippen molar-refractivity contribution < 1.29 is 23.8 Å². The molecule has 4 aromatic rings. The minimum absolute atomic E-state index is 0.0329. The van der Waals surface area contributed by atoms with Crippen LogP contribution in [-0.2, 0) is 24.2 Å². The maximum Gasteiger partial charge on any atom is 0.303 e. The molecule has 4 rings (SSSR count). The Morgan fingerprint density at radius 2 is 1.69 bits per heavy atom. The number of benzene rings is 3. The third kappa shape index (κ3) is 6.60. The van der Waals surface area contributed by atoms with Crippen molar-refractivity contribution in [2.75, 3.05) is 6.61 Å². The van der Waals surface area contributed by atoms with Gasteiger partial charge in [-0.05, 0) is 49.2 Å². The molecule has 7 heteroatoms. The standard InChI is InChI=1S/C29H28N2O5/c1-20-25(31-29(36-20)23-10-6-3-7-11-23)16-17-35-26-14-12-21(13-15-27(32)33)18-24(26)19-30-28(34)22-8-4-2-5-9-22/h2-12,14,18H,13,15-17,19H2,1H3,(H,30,34)(H,32,33). The number of carbonyl (C=O) groups is 2. The lowest BCUT2D eigenvalue weighted by atomic mass is 10.0. The van der Waals surface area contributed by atoms with Crippen LogP contribution in [0.2, 0.25) is 0 Å². The number of oxazole rings is 1. The number of hydrogen-bond acceptors (Lipinski definition) is 5. The third-order valence-corrected chi connectivity index (χ3v) is 5.74. The Kier molecular flexibility index (Phi) is 8.13. The summed E-state index contributed by atoms with van der Waals surface area (Å²) in [7, 11) is 0. The van der Waals surface area contributed by atoms with E-state index in [0.29, 0.717) is 36.7 Å². The molecule has 1 amide bonds. The summed E-state index contributed by atoms with van der Waals surface area (Å²) in [4.78, 5) is 28.2. The van der Waals surface area contributed by atoms with Crippen LogP contribution in [0.5, 0.6) is 5.75 Å². The maximum atomic E-state index is 12.5. The monoisotopic (exact) mass is 484 g/mol. The van der Waals surface area contributed by atoms with E-state index in [-0.39, 0.29) is 18.9 Å². The lowest BCUT2D eigenvalue weighted by Crippen LogP contribution is -2.23. The van der Waals surface area contributed by atoms with Gasteiger partial charge in [0.25, 0.3) is 5.91 Å². The molecule has 1 heterocycles. The number of rotatable bonds is 11. The lowest BCUT2D eigenvalue weighted by molar-refractivity contribution is -0.136. The van der Waals surface area contributed by atoms with E-state index >= 15 is 0 Å². The summed E-state index contributed by atoms with van der Waals surface area (Å²) < 4.78 is 11.9. The molecule has 184 valence electrons. The van der Waals surface area contributed by atoms with Gasteiger partial charge < -0.3 is 19.6 Å². The van der Waals surface area contributed by atoms with E-state index in [1.807, 2.05) is 73.7 Å². The van der Waals surface area contributed by atoms with Crippen molar-refractivity contribution in [1.29, 1.82) is 0 Å². The molecular weight excluding hydrogens is 456 g/mol. The molecule has 0 bridgehead atoms. The summed E-state index contributed by atoms with van der Waals surface area (Å²) in [5.74, 6) is 0.912. The summed E-state index contributed by atoms with van der Waals surface area (Å²) >= 11 is 0. The van der Waals surface area contributed by atoms with E-state index in [9.17, 15) is 9.59 Å². The molecule has 0 aliphatic rings. The molecule has 0 radical (unpaired) electrons. The summed E-state index contributed by atoms with van der Waals surface area (Å²) in [6, 6.07) is 24.3. The van der Waals surface area contributed by atoms with Gasteiger partial charge in [0.05, 0.1) is 12.3 Å². The van der Waals surface area contributed by atoms with E-state index in [0.717, 1.165) is 28.1 Å². The number of ether oxygens (including phenoxy) is 1. The molecule has 0 saturated heterocycles. The van der Waals surface area contributed by atoms with Crippen LogP contribution in [0.1, 0.15) is 39.4 Å². The summed E-state index contributed by atoms with van der Waals surface area (Å²) in [6.45, 7) is 2.51. The molecule has 36 heavy (non-hydrogen) atoms. The molecule has 0 atom stereocenters. The van der Waals surface area contributed by atoms with E-state index < -0.39 is 5.97 Å². The zero-order valence-corrected chi connectivity index (χ0v) is 20.1. The summed E-state index contributed by atoms with van der Waals surface area (Å²) in [5, 5.41) is 12.0. The molecule has 0 saturated carbocycles. The molecule has 1 aromatic heterocycles. The second-order valence-electron chi connectivity index (χ2n) is 8.37. The fraction of sp³-hybridized carbons (Fsp3) is 0.207. The second kappa shape index (κ2) is 11.8. The number of carboxylic acid groups (broad SMARTS) is 1. The second-order valence-corrected chi connectivity index (χ2v) is 8.37. The van der Waals surface area contributed by atoms with Gasteiger partial charge in [0.2, 0.25) is 5.89 Å². The number of carbonyl (C=O) groups excluding carboxylic acids is 1. The van der Waals surface area contributed by atoms with Gasteiger partial charge in [0.1, 0.15) is 11.5 Å². The molecule has 0 spiro atoms. The van der Waals surface area contributed by atoms with Gasteiger partial charge in [-0.3, -0.25) is 9.59 Å². The number of hydrogen-bond donors (Lipinski definition) is 2.